The Morgan fingerprint density at radius 2 is 1.80 bits per heavy atom. The molecule has 11 nitrogen and oxygen atoms in total. The minimum Gasteiger partial charge on any atom is -0.381 e. The lowest BCUT2D eigenvalue weighted by atomic mass is 9.93. The fraction of sp³-hybridized carbons (Fsp3) is 0.484. The second-order valence-corrected chi connectivity index (χ2v) is 14.6. The van der Waals surface area contributed by atoms with Crippen molar-refractivity contribution in [3.05, 3.63) is 64.9 Å². The first-order valence-corrected chi connectivity index (χ1v) is 16.6. The van der Waals surface area contributed by atoms with Crippen molar-refractivity contribution in [3.8, 4) is 0 Å². The van der Waals surface area contributed by atoms with E-state index in [-0.39, 0.29) is 30.6 Å². The predicted octanol–water partition coefficient (Wildman–Crippen LogP) is 3.81. The van der Waals surface area contributed by atoms with Crippen LogP contribution >= 0.6 is 0 Å². The Morgan fingerprint density at radius 3 is 2.51 bits per heavy atom. The first kappa shape index (κ1) is 31.4. The molecular weight excluding hydrogens is 604 g/mol. The molecule has 1 unspecified atom stereocenters. The molecule has 242 valence electrons. The Hall–Kier alpha value is -3.59. The summed E-state index contributed by atoms with van der Waals surface area (Å²) in [6.07, 6.45) is 1.87. The summed E-state index contributed by atoms with van der Waals surface area (Å²) < 4.78 is 61.3. The molecule has 3 aliphatic heterocycles. The normalized spacial score (nSPS) is 20.9. The van der Waals surface area contributed by atoms with E-state index in [0.29, 0.717) is 41.6 Å². The van der Waals surface area contributed by atoms with Gasteiger partial charge < -0.3 is 25.2 Å². The van der Waals surface area contributed by atoms with Crippen LogP contribution in [0.5, 0.6) is 0 Å². The number of nitrogens with zero attached hydrogens (tertiary/aromatic N) is 4. The average Bonchev–Trinajstić information content (AvgIpc) is 3.38. The van der Waals surface area contributed by atoms with E-state index in [0.717, 1.165) is 61.1 Å². The topological polar surface area (TPSA) is 123 Å². The molecule has 0 spiro atoms. The summed E-state index contributed by atoms with van der Waals surface area (Å²) >= 11 is 0. The number of H-pyrrole nitrogens is 1. The van der Waals surface area contributed by atoms with Crippen LogP contribution in [0.15, 0.2) is 41.3 Å². The molecule has 45 heavy (non-hydrogen) atoms. The number of hydrogen-bond donors (Lipinski definition) is 3. The quantitative estimate of drug-likeness (QED) is 0.356. The Kier molecular flexibility index (Phi) is 8.59. The highest BCUT2D eigenvalue weighted by Gasteiger charge is 2.33. The maximum Gasteiger partial charge on any atom is 0.258 e. The molecule has 4 heterocycles. The van der Waals surface area contributed by atoms with Gasteiger partial charge in [-0.3, -0.25) is 9.89 Å². The number of amides is 1. The Balaban J connectivity index is 1.25. The van der Waals surface area contributed by atoms with Gasteiger partial charge in [-0.05, 0) is 64.1 Å². The average molecular weight is 644 g/mol. The van der Waals surface area contributed by atoms with Crippen molar-refractivity contribution in [2.24, 2.45) is 0 Å². The number of likely N-dealkylation sites (N-methyl/N-ethyl adjacent to an activating group) is 1. The van der Waals surface area contributed by atoms with Crippen molar-refractivity contribution in [1.29, 1.82) is 0 Å². The number of hydrogen-bond acceptors (Lipinski definition) is 8. The van der Waals surface area contributed by atoms with Gasteiger partial charge in [-0.15, -0.1) is 0 Å². The molecule has 14 heteroatoms. The van der Waals surface area contributed by atoms with Gasteiger partial charge >= 0.3 is 0 Å². The second-order valence-electron chi connectivity index (χ2n) is 12.6. The molecule has 1 atom stereocenters. The summed E-state index contributed by atoms with van der Waals surface area (Å²) in [5, 5.41) is 13.7. The molecule has 2 fully saturated rings. The van der Waals surface area contributed by atoms with Crippen LogP contribution in [0.25, 0.3) is 0 Å². The van der Waals surface area contributed by atoms with E-state index in [1.807, 2.05) is 18.2 Å². The van der Waals surface area contributed by atoms with E-state index in [9.17, 15) is 22.0 Å². The van der Waals surface area contributed by atoms with Gasteiger partial charge in [0.1, 0.15) is 11.6 Å². The number of sulfonamides is 1. The third kappa shape index (κ3) is 6.83. The molecule has 2 saturated heterocycles. The molecule has 3 aliphatic rings. The summed E-state index contributed by atoms with van der Waals surface area (Å²) in [5.41, 5.74) is 3.07. The Bertz CT molecular complexity index is 1670. The number of carbonyl (C=O) groups is 1. The third-order valence-electron chi connectivity index (χ3n) is 8.78. The zero-order valence-corrected chi connectivity index (χ0v) is 26.5. The Labute approximate surface area is 262 Å². The van der Waals surface area contributed by atoms with Crippen LogP contribution in [0.4, 0.5) is 26.0 Å². The SMILES string of the molecule is CN1CCN(c2ccc(C(=O)Nc3n[nH]c4c3CN(S(=O)(=O)c3cc(F)cc(F)c3)CC4)c(NC3CCOC(C)(C)C3)c2)CC1. The van der Waals surface area contributed by atoms with E-state index in [2.05, 4.69) is 51.5 Å². The number of fused-ring (bicyclic) bond motifs is 1. The van der Waals surface area contributed by atoms with Crippen molar-refractivity contribution in [2.75, 3.05) is 61.9 Å². The number of ether oxygens (including phenoxy) is 1. The zero-order valence-electron chi connectivity index (χ0n) is 25.7. The summed E-state index contributed by atoms with van der Waals surface area (Å²) in [6, 6.07) is 8.11. The number of carbonyl (C=O) groups excluding carboxylic acids is 1. The summed E-state index contributed by atoms with van der Waals surface area (Å²) in [7, 11) is -2.10. The van der Waals surface area contributed by atoms with E-state index in [1.54, 1.807) is 0 Å². The fourth-order valence-corrected chi connectivity index (χ4v) is 7.72. The van der Waals surface area contributed by atoms with Gasteiger partial charge in [0.25, 0.3) is 5.91 Å². The van der Waals surface area contributed by atoms with Gasteiger partial charge in [0.05, 0.1) is 16.1 Å². The molecule has 0 bridgehead atoms. The van der Waals surface area contributed by atoms with Crippen LogP contribution < -0.4 is 15.5 Å². The van der Waals surface area contributed by atoms with Gasteiger partial charge in [0.15, 0.2) is 5.82 Å². The second kappa shape index (κ2) is 12.3. The van der Waals surface area contributed by atoms with E-state index < -0.39 is 32.5 Å². The van der Waals surface area contributed by atoms with Crippen molar-refractivity contribution in [1.82, 2.24) is 19.4 Å². The number of anilines is 3. The number of piperazine rings is 1. The largest absolute Gasteiger partial charge is 0.381 e. The lowest BCUT2D eigenvalue weighted by Gasteiger charge is -2.37. The van der Waals surface area contributed by atoms with Gasteiger partial charge in [0.2, 0.25) is 10.0 Å². The number of halogens is 2. The van der Waals surface area contributed by atoms with E-state index in [4.69, 9.17) is 4.74 Å². The molecule has 1 amide bonds. The van der Waals surface area contributed by atoms with Crippen molar-refractivity contribution in [2.45, 2.75) is 56.2 Å². The number of rotatable bonds is 7. The van der Waals surface area contributed by atoms with Gasteiger partial charge in [-0.25, -0.2) is 17.2 Å². The first-order chi connectivity index (χ1) is 21.4. The molecule has 0 saturated carbocycles. The fourth-order valence-electron chi connectivity index (χ4n) is 6.27. The lowest BCUT2D eigenvalue weighted by Crippen LogP contribution is -2.44. The summed E-state index contributed by atoms with van der Waals surface area (Å²) in [5.74, 6) is -2.14. The van der Waals surface area contributed by atoms with Crippen LogP contribution in [0, 0.1) is 11.6 Å². The van der Waals surface area contributed by atoms with Crippen LogP contribution in [-0.4, -0.2) is 91.7 Å². The smallest absolute Gasteiger partial charge is 0.258 e. The first-order valence-electron chi connectivity index (χ1n) is 15.2. The van der Waals surface area contributed by atoms with Crippen LogP contribution in [-0.2, 0) is 27.7 Å². The number of aromatic amines is 1. The summed E-state index contributed by atoms with van der Waals surface area (Å²) in [6.45, 7) is 8.37. The van der Waals surface area contributed by atoms with Gasteiger partial charge in [-0.2, -0.15) is 9.40 Å². The maximum atomic E-state index is 13.8. The number of aromatic nitrogens is 2. The molecule has 1 aromatic heterocycles. The number of benzene rings is 2. The highest BCUT2D eigenvalue weighted by atomic mass is 32.2. The van der Waals surface area contributed by atoms with E-state index in [1.165, 1.54) is 0 Å². The zero-order chi connectivity index (χ0) is 31.9. The Morgan fingerprint density at radius 1 is 1.07 bits per heavy atom. The predicted molar refractivity (Wildman–Crippen MR) is 167 cm³/mol. The minimum atomic E-state index is -4.21. The molecule has 6 rings (SSSR count). The minimum absolute atomic E-state index is 0.0896. The van der Waals surface area contributed by atoms with Gasteiger partial charge in [-0.1, -0.05) is 0 Å². The van der Waals surface area contributed by atoms with Crippen LogP contribution in [0.1, 0.15) is 48.3 Å². The molecule has 0 radical (unpaired) electrons. The standard InChI is InChI=1S/C31H39F2N7O4S/c1-31(2)18-22(7-13-44-31)34-28-17-23(39-11-9-38(3)10-12-39)4-5-25(28)30(41)35-29-26-19-40(8-6-27(26)36-37-29)45(42,43)24-15-20(32)14-21(33)16-24/h4-5,14-17,22,34H,6-13,18-19H2,1-3H3,(H2,35,36,37,41). The van der Waals surface area contributed by atoms with E-state index >= 15 is 0 Å². The molecule has 3 aromatic rings. The third-order valence-corrected chi connectivity index (χ3v) is 10.6. The van der Waals surface area contributed by atoms with Gasteiger partial charge in [0, 0.05) is 87.0 Å². The molecule has 0 aliphatic carbocycles. The monoisotopic (exact) mass is 643 g/mol. The van der Waals surface area contributed by atoms with Crippen LogP contribution in [0.2, 0.25) is 0 Å². The van der Waals surface area contributed by atoms with Crippen molar-refractivity contribution in [3.63, 3.8) is 0 Å². The molecular formula is C31H39F2N7O4S. The van der Waals surface area contributed by atoms with Crippen molar-refractivity contribution < 1.29 is 26.7 Å². The molecule has 3 N–H and O–H groups in total. The summed E-state index contributed by atoms with van der Waals surface area (Å²) in [4.78, 5) is 18.0. The molecule has 2 aromatic carbocycles. The number of nitrogens with one attached hydrogen (secondary N) is 3. The van der Waals surface area contributed by atoms with Crippen LogP contribution in [0.3, 0.4) is 0 Å². The highest BCUT2D eigenvalue weighted by Crippen LogP contribution is 2.33. The lowest BCUT2D eigenvalue weighted by molar-refractivity contribution is -0.0553. The highest BCUT2D eigenvalue weighted by molar-refractivity contribution is 7.89. The maximum absolute atomic E-state index is 13.8. The van der Waals surface area contributed by atoms with Crippen molar-refractivity contribution >= 4 is 33.1 Å².